The minimum atomic E-state index is -0.268. The van der Waals surface area contributed by atoms with Crippen molar-refractivity contribution in [1.82, 2.24) is 20.2 Å². The predicted molar refractivity (Wildman–Crippen MR) is 126 cm³/mol. The second-order valence-corrected chi connectivity index (χ2v) is 8.23. The van der Waals surface area contributed by atoms with Gasteiger partial charge in [-0.25, -0.2) is 4.98 Å². The highest BCUT2D eigenvalue weighted by atomic mass is 35.5. The monoisotopic (exact) mass is 474 g/mol. The Labute approximate surface area is 195 Å². The average molecular weight is 475 g/mol. The summed E-state index contributed by atoms with van der Waals surface area (Å²) in [6.07, 6.45) is 1.53. The van der Waals surface area contributed by atoms with Crippen LogP contribution in [0.3, 0.4) is 0 Å². The Balaban J connectivity index is 1.57. The molecule has 9 heteroatoms. The Morgan fingerprint density at radius 2 is 1.81 bits per heavy atom. The number of carbonyl (C=O) groups is 2. The number of aromatic amines is 1. The summed E-state index contributed by atoms with van der Waals surface area (Å²) in [5.41, 5.74) is 0.736. The van der Waals surface area contributed by atoms with Crippen LogP contribution in [-0.4, -0.2) is 39.8 Å². The molecule has 1 heterocycles. The van der Waals surface area contributed by atoms with E-state index in [0.29, 0.717) is 51.8 Å². The highest BCUT2D eigenvalue weighted by Gasteiger charge is 2.15. The zero-order chi connectivity index (χ0) is 23.1. The Morgan fingerprint density at radius 3 is 2.53 bits per heavy atom. The number of amides is 2. The third-order valence-electron chi connectivity index (χ3n) is 4.86. The van der Waals surface area contributed by atoms with Crippen LogP contribution in [0, 0.1) is 0 Å². The second-order valence-electron chi connectivity index (χ2n) is 7.36. The van der Waals surface area contributed by atoms with Gasteiger partial charge in [-0.15, -0.1) is 0 Å². The number of nitrogens with one attached hydrogen (secondary N) is 2. The van der Waals surface area contributed by atoms with Crippen molar-refractivity contribution in [2.45, 2.75) is 32.7 Å². The quantitative estimate of drug-likeness (QED) is 0.454. The summed E-state index contributed by atoms with van der Waals surface area (Å²) in [5, 5.41) is 4.30. The molecule has 0 saturated heterocycles. The lowest BCUT2D eigenvalue weighted by molar-refractivity contribution is -0.132. The van der Waals surface area contributed by atoms with Gasteiger partial charge in [0.25, 0.3) is 11.5 Å². The topological polar surface area (TPSA) is 95.2 Å². The zero-order valence-electron chi connectivity index (χ0n) is 17.7. The molecular formula is C23H24Cl2N4O3. The van der Waals surface area contributed by atoms with Gasteiger partial charge in [0.1, 0.15) is 5.82 Å². The van der Waals surface area contributed by atoms with Crippen LogP contribution in [0.15, 0.2) is 47.3 Å². The van der Waals surface area contributed by atoms with Gasteiger partial charge < -0.3 is 15.2 Å². The van der Waals surface area contributed by atoms with Crippen molar-refractivity contribution in [3.63, 3.8) is 0 Å². The lowest BCUT2D eigenvalue weighted by Gasteiger charge is -2.22. The van der Waals surface area contributed by atoms with E-state index < -0.39 is 0 Å². The molecule has 3 rings (SSSR count). The van der Waals surface area contributed by atoms with Crippen molar-refractivity contribution >= 4 is 45.9 Å². The minimum Gasteiger partial charge on any atom is -0.352 e. The molecule has 2 amide bonds. The molecule has 7 nitrogen and oxygen atoms in total. The number of H-pyrrole nitrogens is 1. The highest BCUT2D eigenvalue weighted by molar-refractivity contribution is 6.31. The first kappa shape index (κ1) is 23.8. The summed E-state index contributed by atoms with van der Waals surface area (Å²) in [7, 11) is 0. The fourth-order valence-corrected chi connectivity index (χ4v) is 3.57. The van der Waals surface area contributed by atoms with Crippen molar-refractivity contribution in [2.24, 2.45) is 0 Å². The standard InChI is InChI=1S/C23H24Cl2N4O3/c1-2-12-29(14-20-27-19-13-17(25)9-10-18(19)23(32)28-20)21(30)4-3-11-26-22(31)15-5-7-16(24)8-6-15/h5-10,13H,2-4,11-12,14H2,1H3,(H,26,31)(H,27,28,32). The lowest BCUT2D eigenvalue weighted by atomic mass is 10.2. The molecule has 0 spiro atoms. The SMILES string of the molecule is CCCN(Cc1nc2cc(Cl)ccc2c(=O)[nH]1)C(=O)CCCNC(=O)c1ccc(Cl)cc1. The molecule has 1 aromatic heterocycles. The van der Waals surface area contributed by atoms with E-state index in [2.05, 4.69) is 15.3 Å². The number of halogens is 2. The average Bonchev–Trinajstić information content (AvgIpc) is 2.76. The van der Waals surface area contributed by atoms with Gasteiger partial charge in [-0.05, 0) is 55.3 Å². The third-order valence-corrected chi connectivity index (χ3v) is 5.35. The first-order chi connectivity index (χ1) is 15.4. The van der Waals surface area contributed by atoms with Gasteiger partial charge in [-0.2, -0.15) is 0 Å². The van der Waals surface area contributed by atoms with Gasteiger partial charge in [0.2, 0.25) is 5.91 Å². The number of hydrogen-bond donors (Lipinski definition) is 2. The molecule has 2 aromatic carbocycles. The van der Waals surface area contributed by atoms with E-state index in [1.54, 1.807) is 47.4 Å². The number of carbonyl (C=O) groups excluding carboxylic acids is 2. The molecule has 32 heavy (non-hydrogen) atoms. The van der Waals surface area contributed by atoms with Crippen LogP contribution in [0.4, 0.5) is 0 Å². The first-order valence-electron chi connectivity index (χ1n) is 10.4. The minimum absolute atomic E-state index is 0.0681. The molecule has 0 unspecified atom stereocenters. The van der Waals surface area contributed by atoms with Gasteiger partial charge in [-0.3, -0.25) is 14.4 Å². The molecule has 0 atom stereocenters. The van der Waals surface area contributed by atoms with Gasteiger partial charge in [0.05, 0.1) is 17.4 Å². The summed E-state index contributed by atoms with van der Waals surface area (Å²) >= 11 is 11.8. The molecule has 0 saturated carbocycles. The zero-order valence-corrected chi connectivity index (χ0v) is 19.2. The molecule has 168 valence electrons. The smallest absolute Gasteiger partial charge is 0.258 e. The molecular weight excluding hydrogens is 451 g/mol. The van der Waals surface area contributed by atoms with Gasteiger partial charge >= 0.3 is 0 Å². The maximum absolute atomic E-state index is 12.7. The summed E-state index contributed by atoms with van der Waals surface area (Å²) < 4.78 is 0. The predicted octanol–water partition coefficient (Wildman–Crippen LogP) is 4.18. The normalized spacial score (nSPS) is 10.8. The second kappa shape index (κ2) is 11.1. The Morgan fingerprint density at radius 1 is 1.09 bits per heavy atom. The van der Waals surface area contributed by atoms with Gasteiger partial charge in [0, 0.05) is 35.1 Å². The van der Waals surface area contributed by atoms with Crippen molar-refractivity contribution in [1.29, 1.82) is 0 Å². The molecule has 0 aliphatic carbocycles. The summed E-state index contributed by atoms with van der Waals surface area (Å²) in [4.78, 5) is 46.1. The first-order valence-corrected chi connectivity index (χ1v) is 11.1. The van der Waals surface area contributed by atoms with Crippen LogP contribution in [0.2, 0.25) is 10.0 Å². The molecule has 0 radical (unpaired) electrons. The van der Waals surface area contributed by atoms with Crippen molar-refractivity contribution in [3.8, 4) is 0 Å². The fourth-order valence-electron chi connectivity index (χ4n) is 3.28. The Kier molecular flexibility index (Phi) is 8.25. The van der Waals surface area contributed by atoms with E-state index in [-0.39, 0.29) is 30.3 Å². The molecule has 2 N–H and O–H groups in total. The number of nitrogens with zero attached hydrogens (tertiary/aromatic N) is 2. The summed E-state index contributed by atoms with van der Waals surface area (Å²) in [5.74, 6) is 0.125. The van der Waals surface area contributed by atoms with Crippen LogP contribution in [0.25, 0.3) is 10.9 Å². The summed E-state index contributed by atoms with van der Waals surface area (Å²) in [6, 6.07) is 11.5. The molecule has 0 bridgehead atoms. The van der Waals surface area contributed by atoms with E-state index >= 15 is 0 Å². The Hall–Kier alpha value is -2.90. The highest BCUT2D eigenvalue weighted by Crippen LogP contribution is 2.15. The maximum atomic E-state index is 12.7. The van der Waals surface area contributed by atoms with Crippen LogP contribution in [0.1, 0.15) is 42.4 Å². The number of fused-ring (bicyclic) bond motifs is 1. The molecule has 0 aliphatic heterocycles. The van der Waals surface area contributed by atoms with Crippen LogP contribution in [-0.2, 0) is 11.3 Å². The number of benzene rings is 2. The maximum Gasteiger partial charge on any atom is 0.258 e. The molecule has 0 fully saturated rings. The number of aromatic nitrogens is 2. The fraction of sp³-hybridized carbons (Fsp3) is 0.304. The lowest BCUT2D eigenvalue weighted by Crippen LogP contribution is -2.33. The van der Waals surface area contributed by atoms with Crippen molar-refractivity contribution in [3.05, 3.63) is 74.3 Å². The van der Waals surface area contributed by atoms with E-state index in [0.717, 1.165) is 6.42 Å². The van der Waals surface area contributed by atoms with Gasteiger partial charge in [-0.1, -0.05) is 30.1 Å². The van der Waals surface area contributed by atoms with E-state index in [4.69, 9.17) is 23.2 Å². The number of rotatable bonds is 9. The summed E-state index contributed by atoms with van der Waals surface area (Å²) in [6.45, 7) is 3.08. The van der Waals surface area contributed by atoms with E-state index in [9.17, 15) is 14.4 Å². The van der Waals surface area contributed by atoms with E-state index in [1.807, 2.05) is 6.92 Å². The Bertz CT molecular complexity index is 1160. The molecule has 0 aliphatic rings. The van der Waals surface area contributed by atoms with Gasteiger partial charge in [0.15, 0.2) is 0 Å². The van der Waals surface area contributed by atoms with Crippen LogP contribution >= 0.6 is 23.2 Å². The van der Waals surface area contributed by atoms with Crippen molar-refractivity contribution < 1.29 is 9.59 Å². The van der Waals surface area contributed by atoms with Crippen molar-refractivity contribution in [2.75, 3.05) is 13.1 Å². The number of hydrogen-bond acceptors (Lipinski definition) is 4. The molecule has 3 aromatic rings. The third kappa shape index (κ3) is 6.31. The van der Waals surface area contributed by atoms with Crippen LogP contribution in [0.5, 0.6) is 0 Å². The van der Waals surface area contributed by atoms with E-state index in [1.165, 1.54) is 0 Å². The van der Waals surface area contributed by atoms with Crippen LogP contribution < -0.4 is 10.9 Å². The largest absolute Gasteiger partial charge is 0.352 e.